The standard InChI is InChI=1S/C14H18BrFN2O3/c1-14(2,3)21-13(19)18-9-5-10(6-9)20-12-11(15)4-8(16)7-17-12/h4,7,9-10H,5-6H2,1-3H3,(H,18,19)/t9-,10+. The minimum atomic E-state index is -0.507. The zero-order valence-electron chi connectivity index (χ0n) is 12.2. The van der Waals surface area contributed by atoms with E-state index in [9.17, 15) is 9.18 Å². The second kappa shape index (κ2) is 6.17. The fourth-order valence-corrected chi connectivity index (χ4v) is 2.32. The second-order valence-corrected chi connectivity index (χ2v) is 6.85. The third kappa shape index (κ3) is 4.84. The Morgan fingerprint density at radius 1 is 1.48 bits per heavy atom. The van der Waals surface area contributed by atoms with Crippen LogP contribution in [0.5, 0.6) is 5.88 Å². The number of halogens is 2. The molecule has 0 radical (unpaired) electrons. The van der Waals surface area contributed by atoms with Crippen LogP contribution in [0.2, 0.25) is 0 Å². The maximum Gasteiger partial charge on any atom is 0.407 e. The maximum atomic E-state index is 12.9. The van der Waals surface area contributed by atoms with Gasteiger partial charge in [-0.15, -0.1) is 0 Å². The van der Waals surface area contributed by atoms with E-state index < -0.39 is 17.5 Å². The van der Waals surface area contributed by atoms with E-state index in [1.807, 2.05) is 20.8 Å². The van der Waals surface area contributed by atoms with E-state index in [-0.39, 0.29) is 12.1 Å². The van der Waals surface area contributed by atoms with E-state index in [1.54, 1.807) is 0 Å². The Morgan fingerprint density at radius 3 is 2.71 bits per heavy atom. The monoisotopic (exact) mass is 360 g/mol. The molecule has 1 aromatic rings. The van der Waals surface area contributed by atoms with Crippen LogP contribution in [-0.2, 0) is 4.74 Å². The zero-order chi connectivity index (χ0) is 15.6. The smallest absolute Gasteiger partial charge is 0.407 e. The molecule has 0 saturated heterocycles. The predicted octanol–water partition coefficient (Wildman–Crippen LogP) is 3.42. The van der Waals surface area contributed by atoms with Gasteiger partial charge in [0, 0.05) is 18.9 Å². The van der Waals surface area contributed by atoms with Crippen molar-refractivity contribution in [1.82, 2.24) is 10.3 Å². The highest BCUT2D eigenvalue weighted by atomic mass is 79.9. The van der Waals surface area contributed by atoms with Gasteiger partial charge in [-0.25, -0.2) is 14.2 Å². The van der Waals surface area contributed by atoms with E-state index in [0.717, 1.165) is 6.20 Å². The van der Waals surface area contributed by atoms with Crippen molar-refractivity contribution < 1.29 is 18.7 Å². The van der Waals surface area contributed by atoms with Crippen molar-refractivity contribution >= 4 is 22.0 Å². The molecule has 1 fully saturated rings. The van der Waals surface area contributed by atoms with Crippen LogP contribution in [-0.4, -0.2) is 28.8 Å². The summed E-state index contributed by atoms with van der Waals surface area (Å²) >= 11 is 3.20. The van der Waals surface area contributed by atoms with Crippen LogP contribution in [0.3, 0.4) is 0 Å². The van der Waals surface area contributed by atoms with Gasteiger partial charge in [0.05, 0.1) is 10.7 Å². The molecule has 0 unspecified atom stereocenters. The normalized spacial score (nSPS) is 21.4. The molecular formula is C14H18BrFN2O3. The molecule has 0 aliphatic heterocycles. The van der Waals surface area contributed by atoms with Crippen LogP contribution < -0.4 is 10.1 Å². The molecule has 1 aromatic heterocycles. The number of rotatable bonds is 3. The Labute approximate surface area is 131 Å². The Hall–Kier alpha value is -1.37. The van der Waals surface area contributed by atoms with Crippen LogP contribution in [0.25, 0.3) is 0 Å². The van der Waals surface area contributed by atoms with Crippen LogP contribution in [0, 0.1) is 5.82 Å². The van der Waals surface area contributed by atoms with Gasteiger partial charge >= 0.3 is 6.09 Å². The molecule has 5 nitrogen and oxygen atoms in total. The Balaban J connectivity index is 1.75. The van der Waals surface area contributed by atoms with Crippen LogP contribution >= 0.6 is 15.9 Å². The lowest BCUT2D eigenvalue weighted by molar-refractivity contribution is 0.0353. The summed E-state index contributed by atoms with van der Waals surface area (Å²) in [5.41, 5.74) is -0.507. The lowest BCUT2D eigenvalue weighted by Crippen LogP contribution is -2.50. The zero-order valence-corrected chi connectivity index (χ0v) is 13.7. The first-order valence-electron chi connectivity index (χ1n) is 6.70. The molecule has 1 N–H and O–H groups in total. The lowest BCUT2D eigenvalue weighted by Gasteiger charge is -2.35. The van der Waals surface area contributed by atoms with Gasteiger partial charge in [0.25, 0.3) is 0 Å². The number of nitrogens with one attached hydrogen (secondary N) is 1. The maximum absolute atomic E-state index is 12.9. The molecule has 1 heterocycles. The van der Waals surface area contributed by atoms with Crippen LogP contribution in [0.15, 0.2) is 16.7 Å². The molecule has 0 atom stereocenters. The van der Waals surface area contributed by atoms with Crippen molar-refractivity contribution in [1.29, 1.82) is 0 Å². The summed E-state index contributed by atoms with van der Waals surface area (Å²) in [7, 11) is 0. The highest BCUT2D eigenvalue weighted by molar-refractivity contribution is 9.10. The van der Waals surface area contributed by atoms with Gasteiger partial charge in [-0.05, 0) is 42.8 Å². The van der Waals surface area contributed by atoms with Crippen LogP contribution in [0.4, 0.5) is 9.18 Å². The molecule has 116 valence electrons. The van der Waals surface area contributed by atoms with Gasteiger partial charge in [-0.1, -0.05) is 0 Å². The fraction of sp³-hybridized carbons (Fsp3) is 0.571. The van der Waals surface area contributed by atoms with Crippen molar-refractivity contribution in [2.24, 2.45) is 0 Å². The molecule has 1 saturated carbocycles. The van der Waals surface area contributed by atoms with Gasteiger partial charge in [-0.2, -0.15) is 0 Å². The first kappa shape index (κ1) is 16.0. The number of hydrogen-bond donors (Lipinski definition) is 1. The third-order valence-corrected chi connectivity index (χ3v) is 3.44. The molecule has 0 bridgehead atoms. The quantitative estimate of drug-likeness (QED) is 0.896. The van der Waals surface area contributed by atoms with Gasteiger partial charge in [0.1, 0.15) is 17.5 Å². The van der Waals surface area contributed by atoms with Crippen LogP contribution in [0.1, 0.15) is 33.6 Å². The Morgan fingerprint density at radius 2 is 2.14 bits per heavy atom. The van der Waals surface area contributed by atoms with Crippen molar-refractivity contribution in [3.05, 3.63) is 22.6 Å². The van der Waals surface area contributed by atoms with Gasteiger partial charge in [0.15, 0.2) is 0 Å². The highest BCUT2D eigenvalue weighted by Crippen LogP contribution is 2.29. The predicted molar refractivity (Wildman–Crippen MR) is 78.7 cm³/mol. The van der Waals surface area contributed by atoms with E-state index in [2.05, 4.69) is 26.2 Å². The summed E-state index contributed by atoms with van der Waals surface area (Å²) in [4.78, 5) is 15.5. The Bertz CT molecular complexity index is 527. The largest absolute Gasteiger partial charge is 0.473 e. The first-order valence-corrected chi connectivity index (χ1v) is 7.49. The minimum Gasteiger partial charge on any atom is -0.473 e. The summed E-state index contributed by atoms with van der Waals surface area (Å²) in [6.45, 7) is 5.45. The Kier molecular flexibility index (Phi) is 4.70. The number of ether oxygens (including phenoxy) is 2. The van der Waals surface area contributed by atoms with Gasteiger partial charge < -0.3 is 14.8 Å². The second-order valence-electron chi connectivity index (χ2n) is 5.99. The fourth-order valence-electron chi connectivity index (χ4n) is 1.90. The topological polar surface area (TPSA) is 60.5 Å². The number of amides is 1. The lowest BCUT2D eigenvalue weighted by atomic mass is 9.89. The molecule has 1 aliphatic carbocycles. The van der Waals surface area contributed by atoms with E-state index in [0.29, 0.717) is 23.2 Å². The molecule has 0 spiro atoms. The number of nitrogens with zero attached hydrogens (tertiary/aromatic N) is 1. The first-order chi connectivity index (χ1) is 9.73. The summed E-state index contributed by atoms with van der Waals surface area (Å²) in [5, 5.41) is 2.78. The SMILES string of the molecule is CC(C)(C)OC(=O)N[C@H]1C[C@@H](Oc2ncc(F)cc2Br)C1. The molecule has 21 heavy (non-hydrogen) atoms. The van der Waals surface area contributed by atoms with E-state index >= 15 is 0 Å². The molecule has 1 amide bonds. The number of alkyl carbamates (subject to hydrolysis) is 1. The summed E-state index contributed by atoms with van der Waals surface area (Å²) in [6.07, 6.45) is 1.98. The van der Waals surface area contributed by atoms with E-state index in [4.69, 9.17) is 9.47 Å². The molecule has 7 heteroatoms. The van der Waals surface area contributed by atoms with Crippen molar-refractivity contribution in [3.8, 4) is 5.88 Å². The summed E-state index contributed by atoms with van der Waals surface area (Å²) in [5.74, 6) is -0.0654. The minimum absolute atomic E-state index is 0.0315. The van der Waals surface area contributed by atoms with Crippen molar-refractivity contribution in [2.45, 2.75) is 51.4 Å². The average Bonchev–Trinajstić information content (AvgIpc) is 2.26. The third-order valence-electron chi connectivity index (χ3n) is 2.87. The van der Waals surface area contributed by atoms with Gasteiger partial charge in [-0.3, -0.25) is 0 Å². The highest BCUT2D eigenvalue weighted by Gasteiger charge is 2.33. The summed E-state index contributed by atoms with van der Waals surface area (Å²) in [6, 6.07) is 1.33. The number of hydrogen-bond acceptors (Lipinski definition) is 4. The van der Waals surface area contributed by atoms with Crippen molar-refractivity contribution in [3.63, 3.8) is 0 Å². The molecular weight excluding hydrogens is 343 g/mol. The summed E-state index contributed by atoms with van der Waals surface area (Å²) < 4.78 is 24.2. The molecule has 2 rings (SSSR count). The molecule has 1 aliphatic rings. The molecule has 0 aromatic carbocycles. The average molecular weight is 361 g/mol. The number of pyridine rings is 1. The van der Waals surface area contributed by atoms with Crippen molar-refractivity contribution in [2.75, 3.05) is 0 Å². The number of carbonyl (C=O) groups excluding carboxylic acids is 1. The number of carbonyl (C=O) groups is 1. The van der Waals surface area contributed by atoms with E-state index in [1.165, 1.54) is 6.07 Å². The van der Waals surface area contributed by atoms with Gasteiger partial charge in [0.2, 0.25) is 5.88 Å². The number of aromatic nitrogens is 1.